The van der Waals surface area contributed by atoms with Crippen molar-refractivity contribution in [3.8, 4) is 39.8 Å². The first-order valence-corrected chi connectivity index (χ1v) is 14.0. The number of carbonyl (C=O) groups is 1. The number of aryl methyl sites for hydroxylation is 1. The van der Waals surface area contributed by atoms with Gasteiger partial charge in [0.15, 0.2) is 11.5 Å². The Kier molecular flexibility index (Phi) is 10.2. The monoisotopic (exact) mass is 604 g/mol. The van der Waals surface area contributed by atoms with Crippen molar-refractivity contribution in [2.24, 2.45) is 5.14 Å². The Labute approximate surface area is 240 Å². The summed E-state index contributed by atoms with van der Waals surface area (Å²) >= 11 is 0. The largest absolute Gasteiger partial charge is 0.493 e. The van der Waals surface area contributed by atoms with Gasteiger partial charge in [0, 0.05) is 11.1 Å². The number of carbonyl (C=O) groups excluding carboxylic acids is 1. The second-order valence-corrected chi connectivity index (χ2v) is 10.4. The average Bonchev–Trinajstić information content (AvgIpc) is 2.92. The zero-order valence-corrected chi connectivity index (χ0v) is 23.7. The number of alkyl halides is 3. The summed E-state index contributed by atoms with van der Waals surface area (Å²) in [7, 11) is -0.534. The number of ether oxygens (including phenoxy) is 2. The van der Waals surface area contributed by atoms with Crippen LogP contribution in [0.2, 0.25) is 0 Å². The van der Waals surface area contributed by atoms with Crippen LogP contribution in [0.4, 0.5) is 13.2 Å². The molecule has 4 aromatic rings. The number of benzene rings is 3. The van der Waals surface area contributed by atoms with E-state index in [0.717, 1.165) is 11.8 Å². The Morgan fingerprint density at radius 3 is 2.07 bits per heavy atom. The number of hydroxylamine groups is 1. The maximum Gasteiger partial charge on any atom is 0.451 e. The summed E-state index contributed by atoms with van der Waals surface area (Å²) < 4.78 is 71.8. The van der Waals surface area contributed by atoms with E-state index < -0.39 is 27.9 Å². The quantitative estimate of drug-likeness (QED) is 0.276. The van der Waals surface area contributed by atoms with E-state index in [9.17, 15) is 26.4 Å². The molecule has 1 heterocycles. The highest BCUT2D eigenvalue weighted by atomic mass is 32.2. The lowest BCUT2D eigenvalue weighted by Gasteiger charge is -2.18. The van der Waals surface area contributed by atoms with Crippen molar-refractivity contribution in [1.82, 2.24) is 15.4 Å². The lowest BCUT2D eigenvalue weighted by molar-refractivity contribution is -0.145. The van der Waals surface area contributed by atoms with Gasteiger partial charge in [-0.2, -0.15) is 18.2 Å². The summed E-state index contributed by atoms with van der Waals surface area (Å²) in [6.45, 7) is 1.88. The molecule has 0 spiro atoms. The number of sulfonamides is 1. The summed E-state index contributed by atoms with van der Waals surface area (Å²) in [6, 6.07) is 19.9. The molecular weight excluding hydrogens is 577 g/mol. The lowest BCUT2D eigenvalue weighted by atomic mass is 9.99. The first-order valence-electron chi connectivity index (χ1n) is 12.0. The van der Waals surface area contributed by atoms with Gasteiger partial charge in [0.1, 0.15) is 0 Å². The number of rotatable bonds is 7. The number of nitrogens with one attached hydrogen (secondary N) is 1. The van der Waals surface area contributed by atoms with Crippen LogP contribution in [0.5, 0.6) is 17.4 Å². The highest BCUT2D eigenvalue weighted by molar-refractivity contribution is 7.88. The molecule has 0 bridgehead atoms. The van der Waals surface area contributed by atoms with E-state index in [1.54, 1.807) is 54.6 Å². The number of nitrogens with two attached hydrogens (primary N) is 1. The number of hydrogen-bond acceptors (Lipinski definition) is 8. The molecular formula is C28H27F3N4O6S. The van der Waals surface area contributed by atoms with Crippen molar-refractivity contribution in [2.75, 3.05) is 20.5 Å². The molecule has 0 saturated carbocycles. The first kappa shape index (κ1) is 32.0. The molecule has 0 aliphatic heterocycles. The zero-order chi connectivity index (χ0) is 31.1. The molecule has 1 aromatic heterocycles. The van der Waals surface area contributed by atoms with E-state index in [1.165, 1.54) is 32.4 Å². The van der Waals surface area contributed by atoms with Gasteiger partial charge in [-0.3, -0.25) is 9.63 Å². The fourth-order valence-electron chi connectivity index (χ4n) is 3.58. The minimum absolute atomic E-state index is 0.0512. The highest BCUT2D eigenvalue weighted by Gasteiger charge is 2.37. The normalized spacial score (nSPS) is 11.2. The zero-order valence-electron chi connectivity index (χ0n) is 22.9. The number of methoxy groups -OCH3 is 1. The Morgan fingerprint density at radius 2 is 1.52 bits per heavy atom. The van der Waals surface area contributed by atoms with Crippen molar-refractivity contribution in [3.63, 3.8) is 0 Å². The second-order valence-electron chi connectivity index (χ2n) is 8.74. The summed E-state index contributed by atoms with van der Waals surface area (Å²) in [5.41, 5.74) is 4.64. The van der Waals surface area contributed by atoms with Gasteiger partial charge in [-0.25, -0.2) is 24.0 Å². The third-order valence-electron chi connectivity index (χ3n) is 5.34. The Bertz CT molecular complexity index is 1640. The van der Waals surface area contributed by atoms with Crippen molar-refractivity contribution in [3.05, 3.63) is 89.7 Å². The van der Waals surface area contributed by atoms with Gasteiger partial charge in [0.05, 0.1) is 31.7 Å². The molecule has 4 rings (SSSR count). The molecule has 14 heteroatoms. The maximum atomic E-state index is 13.9. The van der Waals surface area contributed by atoms with E-state index in [4.69, 9.17) is 9.47 Å². The molecule has 0 radical (unpaired) electrons. The van der Waals surface area contributed by atoms with Gasteiger partial charge in [0.25, 0.3) is 5.91 Å². The van der Waals surface area contributed by atoms with Gasteiger partial charge < -0.3 is 9.47 Å². The molecule has 0 fully saturated rings. The van der Waals surface area contributed by atoms with Gasteiger partial charge in [-0.15, -0.1) is 0 Å². The number of amides is 1. The van der Waals surface area contributed by atoms with Crippen LogP contribution in [-0.2, 0) is 21.0 Å². The van der Waals surface area contributed by atoms with Crippen LogP contribution < -0.4 is 20.1 Å². The SMILES string of the molecule is CONC(=O)c1ccc(Oc2nc(C(F)(F)F)nc(-c3ccc(C)cc3)c2-c2ccccc2)c(OC)c1.CS(N)(=O)=O. The smallest absolute Gasteiger partial charge is 0.451 e. The van der Waals surface area contributed by atoms with Gasteiger partial charge in [0.2, 0.25) is 21.7 Å². The number of primary sulfonamides is 1. The number of hydrogen-bond donors (Lipinski definition) is 2. The van der Waals surface area contributed by atoms with Crippen LogP contribution >= 0.6 is 0 Å². The van der Waals surface area contributed by atoms with Gasteiger partial charge in [-0.1, -0.05) is 60.2 Å². The predicted octanol–water partition coefficient (Wildman–Crippen LogP) is 5.13. The van der Waals surface area contributed by atoms with E-state index in [2.05, 4.69) is 25.4 Å². The molecule has 42 heavy (non-hydrogen) atoms. The summed E-state index contributed by atoms with van der Waals surface area (Å²) in [5.74, 6) is -2.06. The van der Waals surface area contributed by atoms with Crippen LogP contribution in [0.1, 0.15) is 21.7 Å². The predicted molar refractivity (Wildman–Crippen MR) is 149 cm³/mol. The number of nitrogens with zero attached hydrogens (tertiary/aromatic N) is 2. The second kappa shape index (κ2) is 13.4. The topological polar surface area (TPSA) is 143 Å². The van der Waals surface area contributed by atoms with E-state index in [0.29, 0.717) is 11.1 Å². The summed E-state index contributed by atoms with van der Waals surface area (Å²) in [5, 5.41) is 4.33. The Hall–Kier alpha value is -4.53. The van der Waals surface area contributed by atoms with Crippen LogP contribution in [0, 0.1) is 6.92 Å². The van der Waals surface area contributed by atoms with Crippen LogP contribution in [-0.4, -0.2) is 44.8 Å². The van der Waals surface area contributed by atoms with Gasteiger partial charge >= 0.3 is 6.18 Å². The van der Waals surface area contributed by atoms with E-state index in [-0.39, 0.29) is 34.2 Å². The number of halogens is 3. The minimum Gasteiger partial charge on any atom is -0.493 e. The highest BCUT2D eigenvalue weighted by Crippen LogP contribution is 2.43. The molecule has 0 aliphatic carbocycles. The molecule has 3 N–H and O–H groups in total. The van der Waals surface area contributed by atoms with Crippen molar-refractivity contribution < 1.29 is 40.7 Å². The fourth-order valence-corrected chi connectivity index (χ4v) is 3.58. The van der Waals surface area contributed by atoms with Crippen LogP contribution in [0.15, 0.2) is 72.8 Å². The summed E-state index contributed by atoms with van der Waals surface area (Å²) in [4.78, 5) is 24.4. The lowest BCUT2D eigenvalue weighted by Crippen LogP contribution is -2.21. The molecule has 10 nitrogen and oxygen atoms in total. The summed E-state index contributed by atoms with van der Waals surface area (Å²) in [6.07, 6.45) is -3.90. The van der Waals surface area contributed by atoms with E-state index >= 15 is 0 Å². The van der Waals surface area contributed by atoms with Gasteiger partial charge in [-0.05, 0) is 30.7 Å². The minimum atomic E-state index is -4.83. The fraction of sp³-hybridized carbons (Fsp3) is 0.179. The molecule has 3 aromatic carbocycles. The molecule has 1 amide bonds. The van der Waals surface area contributed by atoms with Crippen molar-refractivity contribution >= 4 is 15.9 Å². The van der Waals surface area contributed by atoms with Crippen LogP contribution in [0.25, 0.3) is 22.4 Å². The van der Waals surface area contributed by atoms with Crippen molar-refractivity contribution in [1.29, 1.82) is 0 Å². The maximum absolute atomic E-state index is 13.9. The third kappa shape index (κ3) is 8.73. The van der Waals surface area contributed by atoms with Crippen molar-refractivity contribution in [2.45, 2.75) is 13.1 Å². The Morgan fingerprint density at radius 1 is 0.905 bits per heavy atom. The van der Waals surface area contributed by atoms with Crippen LogP contribution in [0.3, 0.4) is 0 Å². The Balaban J connectivity index is 0.000000892. The molecule has 0 unspecified atom stereocenters. The van der Waals surface area contributed by atoms with E-state index in [1.807, 2.05) is 6.92 Å². The average molecular weight is 605 g/mol. The molecule has 0 saturated heterocycles. The molecule has 0 atom stereocenters. The molecule has 222 valence electrons. The molecule has 0 aliphatic rings. The third-order valence-corrected chi connectivity index (χ3v) is 5.34. The standard InChI is InChI=1S/C27H22F3N3O4.CH5NO2S/c1-16-9-11-18(12-10-16)23-22(17-7-5-4-6-8-17)25(32-26(31-23)27(28,29)30)37-20-14-13-19(15-21(20)35-2)24(34)33-36-3;1-5(2,3)4/h4-15H,1-3H3,(H,33,34);1H3,(H2,2,3,4). The number of aromatic nitrogens is 2. The first-order chi connectivity index (χ1) is 19.7.